The Morgan fingerprint density at radius 2 is 1.84 bits per heavy atom. The summed E-state index contributed by atoms with van der Waals surface area (Å²) in [4.78, 5) is 0. The molecule has 19 heavy (non-hydrogen) atoms. The molecule has 5 heteroatoms. The second kappa shape index (κ2) is 6.25. The minimum atomic E-state index is -3.20. The molecular formula is C14H22ClNO2S. The predicted octanol–water partition coefficient (Wildman–Crippen LogP) is 2.89. The van der Waals surface area contributed by atoms with Crippen molar-refractivity contribution in [1.29, 1.82) is 0 Å². The first-order chi connectivity index (χ1) is 8.65. The van der Waals surface area contributed by atoms with Crippen molar-refractivity contribution < 1.29 is 8.42 Å². The molecule has 1 atom stereocenters. The number of rotatable bonds is 5. The third kappa shape index (κ3) is 5.13. The molecule has 0 saturated carbocycles. The van der Waals surface area contributed by atoms with Crippen molar-refractivity contribution in [2.45, 2.75) is 32.6 Å². The Hall–Kier alpha value is -0.580. The minimum Gasteiger partial charge on any atom is -0.315 e. The number of sulfone groups is 1. The smallest absolute Gasteiger partial charge is 0.156 e. The van der Waals surface area contributed by atoms with Gasteiger partial charge in [-0.3, -0.25) is 0 Å². The van der Waals surface area contributed by atoms with Crippen LogP contribution in [0, 0.1) is 5.41 Å². The van der Waals surface area contributed by atoms with Crippen LogP contribution in [0.3, 0.4) is 0 Å². The first kappa shape index (κ1) is 16.5. The second-order valence-corrected chi connectivity index (χ2v) is 8.37. The predicted molar refractivity (Wildman–Crippen MR) is 81.2 cm³/mol. The quantitative estimate of drug-likeness (QED) is 0.910. The lowest BCUT2D eigenvalue weighted by molar-refractivity contribution is 0.302. The van der Waals surface area contributed by atoms with Crippen LogP contribution in [-0.2, 0) is 15.6 Å². The Bertz CT molecular complexity index is 520. The fourth-order valence-electron chi connectivity index (χ4n) is 1.93. The summed E-state index contributed by atoms with van der Waals surface area (Å²) in [7, 11) is -1.41. The number of hydrogen-bond donors (Lipinski definition) is 1. The zero-order chi connectivity index (χ0) is 14.7. The van der Waals surface area contributed by atoms with Crippen molar-refractivity contribution in [3.05, 3.63) is 34.9 Å². The molecule has 1 rings (SSSR count). The Morgan fingerprint density at radius 1 is 1.26 bits per heavy atom. The second-order valence-electron chi connectivity index (χ2n) is 5.85. The van der Waals surface area contributed by atoms with Gasteiger partial charge in [0.1, 0.15) is 0 Å². The van der Waals surface area contributed by atoms with Gasteiger partial charge in [0.25, 0.3) is 0 Å². The van der Waals surface area contributed by atoms with E-state index in [4.69, 9.17) is 11.6 Å². The molecule has 0 amide bonds. The van der Waals surface area contributed by atoms with Crippen molar-refractivity contribution in [2.24, 2.45) is 5.41 Å². The van der Waals surface area contributed by atoms with Crippen molar-refractivity contribution in [2.75, 3.05) is 12.8 Å². The van der Waals surface area contributed by atoms with Crippen molar-refractivity contribution in [1.82, 2.24) is 5.32 Å². The molecule has 0 aliphatic rings. The zero-order valence-electron chi connectivity index (χ0n) is 11.9. The largest absolute Gasteiger partial charge is 0.315 e. The van der Waals surface area contributed by atoms with Gasteiger partial charge in [0.05, 0.1) is 11.5 Å². The van der Waals surface area contributed by atoms with Gasteiger partial charge in [0.15, 0.2) is 9.84 Å². The van der Waals surface area contributed by atoms with Gasteiger partial charge in [-0.25, -0.2) is 8.42 Å². The van der Waals surface area contributed by atoms with Gasteiger partial charge < -0.3 is 5.32 Å². The highest BCUT2D eigenvalue weighted by Crippen LogP contribution is 2.23. The van der Waals surface area contributed by atoms with Crippen LogP contribution in [0.25, 0.3) is 0 Å². The van der Waals surface area contributed by atoms with E-state index in [1.807, 2.05) is 20.8 Å². The van der Waals surface area contributed by atoms with Crippen molar-refractivity contribution >= 4 is 21.4 Å². The van der Waals surface area contributed by atoms with E-state index in [0.29, 0.717) is 10.6 Å². The maximum absolute atomic E-state index is 12.3. The Labute approximate surface area is 121 Å². The average Bonchev–Trinajstić information content (AvgIpc) is 2.27. The van der Waals surface area contributed by atoms with E-state index in [1.165, 1.54) is 0 Å². The molecule has 0 saturated heterocycles. The third-order valence-corrected chi connectivity index (χ3v) is 5.11. The molecule has 108 valence electrons. The molecule has 0 aliphatic heterocycles. The average molecular weight is 304 g/mol. The van der Waals surface area contributed by atoms with Gasteiger partial charge in [-0.05, 0) is 24.1 Å². The van der Waals surface area contributed by atoms with Crippen LogP contribution in [0.2, 0.25) is 5.02 Å². The summed E-state index contributed by atoms with van der Waals surface area (Å²) in [5, 5.41) is 3.59. The van der Waals surface area contributed by atoms with Crippen molar-refractivity contribution in [3.63, 3.8) is 0 Å². The summed E-state index contributed by atoms with van der Waals surface area (Å²) in [5.74, 6) is 0.0964. The maximum atomic E-state index is 12.3. The maximum Gasteiger partial charge on any atom is 0.156 e. The van der Waals surface area contributed by atoms with E-state index in [1.54, 1.807) is 31.3 Å². The number of halogens is 1. The van der Waals surface area contributed by atoms with Gasteiger partial charge in [-0.2, -0.15) is 0 Å². The van der Waals surface area contributed by atoms with Crippen LogP contribution < -0.4 is 5.32 Å². The number of benzene rings is 1. The molecule has 0 radical (unpaired) electrons. The van der Waals surface area contributed by atoms with Crippen LogP contribution >= 0.6 is 11.6 Å². The lowest BCUT2D eigenvalue weighted by Gasteiger charge is -2.30. The normalized spacial score (nSPS) is 14.4. The Balaban J connectivity index is 2.86. The van der Waals surface area contributed by atoms with E-state index >= 15 is 0 Å². The molecular weight excluding hydrogens is 282 g/mol. The lowest BCUT2D eigenvalue weighted by atomic mass is 9.88. The fraction of sp³-hybridized carbons (Fsp3) is 0.571. The molecule has 0 fully saturated rings. The molecule has 0 heterocycles. The topological polar surface area (TPSA) is 46.2 Å². The molecule has 1 N–H and O–H groups in total. The molecule has 1 aromatic rings. The number of hydrogen-bond acceptors (Lipinski definition) is 3. The van der Waals surface area contributed by atoms with Crippen molar-refractivity contribution in [3.8, 4) is 0 Å². The van der Waals surface area contributed by atoms with Gasteiger partial charge in [-0.15, -0.1) is 0 Å². The highest BCUT2D eigenvalue weighted by atomic mass is 35.5. The monoisotopic (exact) mass is 303 g/mol. The van der Waals surface area contributed by atoms with Gasteiger partial charge in [0.2, 0.25) is 0 Å². The first-order valence-corrected chi connectivity index (χ1v) is 8.47. The highest BCUT2D eigenvalue weighted by Gasteiger charge is 2.28. The molecule has 1 unspecified atom stereocenters. The molecule has 1 aromatic carbocycles. The summed E-state index contributed by atoms with van der Waals surface area (Å²) in [6, 6.07) is 6.98. The van der Waals surface area contributed by atoms with Crippen LogP contribution in [-0.4, -0.2) is 27.3 Å². The van der Waals surface area contributed by atoms with Crippen LogP contribution in [0.4, 0.5) is 0 Å². The first-order valence-electron chi connectivity index (χ1n) is 6.27. The third-order valence-electron chi connectivity index (χ3n) is 3.15. The highest BCUT2D eigenvalue weighted by molar-refractivity contribution is 7.90. The van der Waals surface area contributed by atoms with Gasteiger partial charge >= 0.3 is 0 Å². The fourth-order valence-corrected chi connectivity index (χ4v) is 4.23. The lowest BCUT2D eigenvalue weighted by Crippen LogP contribution is -2.43. The molecule has 0 bridgehead atoms. The molecule has 0 aromatic heterocycles. The van der Waals surface area contributed by atoms with E-state index in [2.05, 4.69) is 5.32 Å². The number of nitrogens with one attached hydrogen (secondary N) is 1. The summed E-state index contributed by atoms with van der Waals surface area (Å²) in [6.45, 7) is 6.08. The van der Waals surface area contributed by atoms with Crippen LogP contribution in [0.1, 0.15) is 26.3 Å². The standard InChI is InChI=1S/C14H22ClNO2S/c1-14(2,3)13(16-4)10-19(17,18)9-11-7-5-6-8-12(11)15/h5-8,13,16H,9-10H2,1-4H3. The van der Waals surface area contributed by atoms with E-state index in [-0.39, 0.29) is 23.0 Å². The molecule has 0 aliphatic carbocycles. The van der Waals surface area contributed by atoms with E-state index in [0.717, 1.165) is 0 Å². The van der Waals surface area contributed by atoms with E-state index < -0.39 is 9.84 Å². The molecule has 0 spiro atoms. The zero-order valence-corrected chi connectivity index (χ0v) is 13.5. The Morgan fingerprint density at radius 3 is 2.32 bits per heavy atom. The van der Waals surface area contributed by atoms with Gasteiger partial charge in [-0.1, -0.05) is 50.6 Å². The summed E-state index contributed by atoms with van der Waals surface area (Å²) in [5.41, 5.74) is 0.551. The summed E-state index contributed by atoms with van der Waals surface area (Å²) in [6.07, 6.45) is 0. The van der Waals surface area contributed by atoms with Crippen LogP contribution in [0.5, 0.6) is 0 Å². The summed E-state index contributed by atoms with van der Waals surface area (Å²) >= 11 is 6.01. The molecule has 3 nitrogen and oxygen atoms in total. The van der Waals surface area contributed by atoms with Gasteiger partial charge in [0, 0.05) is 11.1 Å². The Kier molecular flexibility index (Phi) is 5.42. The van der Waals surface area contributed by atoms with E-state index in [9.17, 15) is 8.42 Å². The minimum absolute atomic E-state index is 0.0130. The SMILES string of the molecule is CNC(CS(=O)(=O)Cc1ccccc1Cl)C(C)(C)C. The summed E-state index contributed by atoms with van der Waals surface area (Å²) < 4.78 is 24.5. The van der Waals surface area contributed by atoms with Crippen LogP contribution in [0.15, 0.2) is 24.3 Å².